The van der Waals surface area contributed by atoms with Gasteiger partial charge in [0.2, 0.25) is 5.91 Å². The number of hydrogen-bond acceptors (Lipinski definition) is 3. The molecule has 0 radical (unpaired) electrons. The number of carbonyl (C=O) groups is 1. The number of rotatable bonds is 4. The second-order valence-electron chi connectivity index (χ2n) is 8.53. The van der Waals surface area contributed by atoms with Crippen LogP contribution in [0.5, 0.6) is 0 Å². The van der Waals surface area contributed by atoms with Gasteiger partial charge in [0.05, 0.1) is 34.8 Å². The number of benzene rings is 2. The first kappa shape index (κ1) is 18.9. The Balaban J connectivity index is 1.37. The maximum atomic E-state index is 13.1. The van der Waals surface area contributed by atoms with Crippen LogP contribution in [0.1, 0.15) is 50.0 Å². The molecular weight excluding hydrogens is 374 g/mol. The van der Waals surface area contributed by atoms with Gasteiger partial charge in [0.25, 0.3) is 0 Å². The number of nitrogens with zero attached hydrogens (tertiary/aromatic N) is 4. The van der Waals surface area contributed by atoms with E-state index in [0.29, 0.717) is 12.5 Å². The maximum absolute atomic E-state index is 13.1. The number of piperidine rings is 1. The van der Waals surface area contributed by atoms with E-state index in [1.807, 2.05) is 29.2 Å². The molecule has 1 atom stereocenters. The number of fused-ring (bicyclic) bond motifs is 2. The lowest BCUT2D eigenvalue weighted by Gasteiger charge is -2.33. The number of nitrogens with one attached hydrogen (secondary N) is 1. The van der Waals surface area contributed by atoms with E-state index in [-0.39, 0.29) is 11.8 Å². The standard InChI is InChI=1S/C24H27N5O/c1-16(2)29-22-8-4-3-7-20(22)27-24(29)18-6-5-11-28(14-18)23(30)13-17-9-10-19-21(12-17)26-15-25-19/h3-4,7-10,12,15-16,18H,5-6,11,13-14H2,1-2H3,(H,25,26). The molecule has 1 amide bonds. The van der Waals surface area contributed by atoms with Crippen molar-refractivity contribution in [3.8, 4) is 0 Å². The highest BCUT2D eigenvalue weighted by Gasteiger charge is 2.29. The average Bonchev–Trinajstić information content (AvgIpc) is 3.38. The Morgan fingerprint density at radius 3 is 2.93 bits per heavy atom. The molecule has 6 nitrogen and oxygen atoms in total. The van der Waals surface area contributed by atoms with Gasteiger partial charge in [-0.15, -0.1) is 0 Å². The van der Waals surface area contributed by atoms with Gasteiger partial charge in [0.1, 0.15) is 5.82 Å². The van der Waals surface area contributed by atoms with Crippen molar-refractivity contribution in [1.29, 1.82) is 0 Å². The predicted molar refractivity (Wildman–Crippen MR) is 118 cm³/mol. The second kappa shape index (κ2) is 7.59. The van der Waals surface area contributed by atoms with Gasteiger partial charge in [-0.25, -0.2) is 9.97 Å². The number of likely N-dealkylation sites (tertiary alicyclic amines) is 1. The molecule has 0 aliphatic carbocycles. The van der Waals surface area contributed by atoms with E-state index in [9.17, 15) is 4.79 Å². The Bertz CT molecular complexity index is 1200. The molecule has 2 aromatic carbocycles. The van der Waals surface area contributed by atoms with Crippen molar-refractivity contribution in [2.75, 3.05) is 13.1 Å². The van der Waals surface area contributed by atoms with Gasteiger partial charge in [-0.3, -0.25) is 4.79 Å². The summed E-state index contributed by atoms with van der Waals surface area (Å²) in [7, 11) is 0. The van der Waals surface area contributed by atoms with E-state index >= 15 is 0 Å². The van der Waals surface area contributed by atoms with Crippen molar-refractivity contribution in [3.05, 3.63) is 60.2 Å². The van der Waals surface area contributed by atoms with E-state index in [1.54, 1.807) is 6.33 Å². The molecule has 6 heteroatoms. The molecule has 1 aliphatic heterocycles. The predicted octanol–water partition coefficient (Wildman–Crippen LogP) is 4.44. The fourth-order valence-electron chi connectivity index (χ4n) is 4.69. The average molecular weight is 402 g/mol. The quantitative estimate of drug-likeness (QED) is 0.550. The zero-order valence-electron chi connectivity index (χ0n) is 17.5. The van der Waals surface area contributed by atoms with Crippen LogP contribution in [0.15, 0.2) is 48.8 Å². The number of amides is 1. The summed E-state index contributed by atoms with van der Waals surface area (Å²) < 4.78 is 2.35. The highest BCUT2D eigenvalue weighted by Crippen LogP contribution is 2.31. The minimum atomic E-state index is 0.186. The molecule has 1 unspecified atom stereocenters. The van der Waals surface area contributed by atoms with E-state index in [2.05, 4.69) is 46.6 Å². The molecule has 1 saturated heterocycles. The monoisotopic (exact) mass is 401 g/mol. The summed E-state index contributed by atoms with van der Waals surface area (Å²) in [4.78, 5) is 27.5. The lowest BCUT2D eigenvalue weighted by atomic mass is 9.96. The minimum absolute atomic E-state index is 0.186. The molecule has 0 saturated carbocycles. The lowest BCUT2D eigenvalue weighted by molar-refractivity contribution is -0.131. The lowest BCUT2D eigenvalue weighted by Crippen LogP contribution is -2.40. The van der Waals surface area contributed by atoms with Gasteiger partial charge in [-0.05, 0) is 56.5 Å². The van der Waals surface area contributed by atoms with E-state index in [0.717, 1.165) is 53.9 Å². The van der Waals surface area contributed by atoms with Crippen molar-refractivity contribution >= 4 is 28.0 Å². The van der Waals surface area contributed by atoms with Crippen molar-refractivity contribution in [2.45, 2.75) is 45.1 Å². The number of carbonyl (C=O) groups excluding carboxylic acids is 1. The number of aromatic amines is 1. The molecule has 30 heavy (non-hydrogen) atoms. The maximum Gasteiger partial charge on any atom is 0.227 e. The first-order valence-electron chi connectivity index (χ1n) is 10.8. The van der Waals surface area contributed by atoms with Crippen LogP contribution in [-0.2, 0) is 11.2 Å². The highest BCUT2D eigenvalue weighted by atomic mass is 16.2. The minimum Gasteiger partial charge on any atom is -0.345 e. The summed E-state index contributed by atoms with van der Waals surface area (Å²) in [6, 6.07) is 14.7. The van der Waals surface area contributed by atoms with Crippen molar-refractivity contribution in [1.82, 2.24) is 24.4 Å². The Labute approximate surface area is 175 Å². The zero-order valence-corrected chi connectivity index (χ0v) is 17.5. The van der Waals surface area contributed by atoms with Crippen LogP contribution in [-0.4, -0.2) is 43.4 Å². The molecule has 3 heterocycles. The topological polar surface area (TPSA) is 66.8 Å². The first-order chi connectivity index (χ1) is 14.6. The third-order valence-corrected chi connectivity index (χ3v) is 6.12. The third-order valence-electron chi connectivity index (χ3n) is 6.12. The van der Waals surface area contributed by atoms with Gasteiger partial charge >= 0.3 is 0 Å². The summed E-state index contributed by atoms with van der Waals surface area (Å²) in [6.45, 7) is 5.97. The van der Waals surface area contributed by atoms with Crippen molar-refractivity contribution < 1.29 is 4.79 Å². The molecule has 0 bridgehead atoms. The number of H-pyrrole nitrogens is 1. The van der Waals surface area contributed by atoms with Crippen LogP contribution in [0.4, 0.5) is 0 Å². The molecule has 154 valence electrons. The van der Waals surface area contributed by atoms with Crippen molar-refractivity contribution in [3.63, 3.8) is 0 Å². The van der Waals surface area contributed by atoms with Gasteiger partial charge in [-0.1, -0.05) is 18.2 Å². The summed E-state index contributed by atoms with van der Waals surface area (Å²) >= 11 is 0. The van der Waals surface area contributed by atoms with E-state index in [4.69, 9.17) is 4.98 Å². The normalized spacial score (nSPS) is 17.3. The fourth-order valence-corrected chi connectivity index (χ4v) is 4.69. The van der Waals surface area contributed by atoms with Gasteiger partial charge < -0.3 is 14.5 Å². The molecule has 1 aliphatic rings. The van der Waals surface area contributed by atoms with Crippen LogP contribution >= 0.6 is 0 Å². The van der Waals surface area contributed by atoms with Crippen molar-refractivity contribution in [2.24, 2.45) is 0 Å². The SMILES string of the molecule is CC(C)n1c(C2CCCN(C(=O)Cc3ccc4nc[nH]c4c3)C2)nc2ccccc21. The molecule has 2 aromatic heterocycles. The Hall–Kier alpha value is -3.15. The van der Waals surface area contributed by atoms with Crippen LogP contribution in [0.25, 0.3) is 22.1 Å². The van der Waals surface area contributed by atoms with Crippen LogP contribution in [0.2, 0.25) is 0 Å². The van der Waals surface area contributed by atoms with Crippen LogP contribution in [0.3, 0.4) is 0 Å². The molecule has 1 fully saturated rings. The molecule has 1 N–H and O–H groups in total. The number of imidazole rings is 2. The summed E-state index contributed by atoms with van der Waals surface area (Å²) in [5.41, 5.74) is 5.14. The van der Waals surface area contributed by atoms with Crippen LogP contribution in [0, 0.1) is 0 Å². The largest absolute Gasteiger partial charge is 0.345 e. The second-order valence-corrected chi connectivity index (χ2v) is 8.53. The summed E-state index contributed by atoms with van der Waals surface area (Å²) in [6.07, 6.45) is 4.19. The molecule has 5 rings (SSSR count). The Morgan fingerprint density at radius 1 is 1.20 bits per heavy atom. The van der Waals surface area contributed by atoms with E-state index in [1.165, 1.54) is 5.52 Å². The van der Waals surface area contributed by atoms with Gasteiger partial charge in [0.15, 0.2) is 0 Å². The summed E-state index contributed by atoms with van der Waals surface area (Å²) in [5.74, 6) is 1.57. The Kier molecular flexibility index (Phi) is 4.77. The zero-order chi connectivity index (χ0) is 20.7. The van der Waals surface area contributed by atoms with Gasteiger partial charge in [0, 0.05) is 25.0 Å². The molecular formula is C24H27N5O. The molecule has 4 aromatic rings. The summed E-state index contributed by atoms with van der Waals surface area (Å²) in [5, 5.41) is 0. The third kappa shape index (κ3) is 3.36. The smallest absolute Gasteiger partial charge is 0.227 e. The fraction of sp³-hybridized carbons (Fsp3) is 0.375. The number of hydrogen-bond donors (Lipinski definition) is 1. The van der Waals surface area contributed by atoms with E-state index < -0.39 is 0 Å². The number of aromatic nitrogens is 4. The van der Waals surface area contributed by atoms with Crippen LogP contribution < -0.4 is 0 Å². The van der Waals surface area contributed by atoms with Gasteiger partial charge in [-0.2, -0.15) is 0 Å². The number of para-hydroxylation sites is 2. The Morgan fingerprint density at radius 2 is 2.07 bits per heavy atom. The molecule has 0 spiro atoms. The highest BCUT2D eigenvalue weighted by molar-refractivity contribution is 5.82. The first-order valence-corrected chi connectivity index (χ1v) is 10.8.